The van der Waals surface area contributed by atoms with Crippen LogP contribution in [-0.2, 0) is 0 Å². The summed E-state index contributed by atoms with van der Waals surface area (Å²) in [5.74, 6) is 5.77. The van der Waals surface area contributed by atoms with E-state index in [1.165, 1.54) is 18.2 Å². The average molecular weight is 454 g/mol. The van der Waals surface area contributed by atoms with Gasteiger partial charge in [0.2, 0.25) is 0 Å². The molecule has 0 spiro atoms. The maximum Gasteiger partial charge on any atom is 0.387 e. The number of halogens is 2. The van der Waals surface area contributed by atoms with Crippen molar-refractivity contribution in [1.82, 2.24) is 19.4 Å². The predicted octanol–water partition coefficient (Wildman–Crippen LogP) is 4.06. The van der Waals surface area contributed by atoms with Crippen LogP contribution in [0.5, 0.6) is 5.75 Å². The van der Waals surface area contributed by atoms with Crippen molar-refractivity contribution >= 4 is 16.9 Å². The van der Waals surface area contributed by atoms with Crippen LogP contribution in [0.4, 0.5) is 8.78 Å². The van der Waals surface area contributed by atoms with Crippen molar-refractivity contribution in [2.75, 3.05) is 27.6 Å². The van der Waals surface area contributed by atoms with Crippen molar-refractivity contribution in [1.29, 1.82) is 0 Å². The average Bonchev–Trinajstić information content (AvgIpc) is 3.28. The molecule has 33 heavy (non-hydrogen) atoms. The van der Waals surface area contributed by atoms with E-state index in [0.717, 1.165) is 17.0 Å². The highest BCUT2D eigenvalue weighted by atomic mass is 19.3. The first-order valence-corrected chi connectivity index (χ1v) is 10.6. The Balaban J connectivity index is 1.70. The van der Waals surface area contributed by atoms with Gasteiger partial charge < -0.3 is 19.1 Å². The molecule has 5 rings (SSSR count). The van der Waals surface area contributed by atoms with E-state index in [4.69, 9.17) is 8.85 Å². The second kappa shape index (κ2) is 8.16. The zero-order chi connectivity index (χ0) is 25.8. The van der Waals surface area contributed by atoms with E-state index in [2.05, 4.69) is 16.8 Å². The second-order valence-electron chi connectivity index (χ2n) is 8.44. The normalized spacial score (nSPS) is 20.6. The van der Waals surface area contributed by atoms with E-state index in [1.54, 1.807) is 6.07 Å². The molecule has 0 aliphatic carbocycles. The Morgan fingerprint density at radius 1 is 1.30 bits per heavy atom. The van der Waals surface area contributed by atoms with Crippen LogP contribution >= 0.6 is 0 Å². The molecule has 3 heterocycles. The van der Waals surface area contributed by atoms with Gasteiger partial charge in [-0.2, -0.15) is 8.78 Å². The molecule has 6 nitrogen and oxygen atoms in total. The topological polar surface area (TPSA) is 50.6 Å². The Bertz CT molecular complexity index is 1410. The van der Waals surface area contributed by atoms with Crippen LogP contribution in [-0.4, -0.2) is 59.5 Å². The Hall–Kier alpha value is -3.44. The highest BCUT2D eigenvalue weighted by molar-refractivity contribution is 5.97. The van der Waals surface area contributed by atoms with Gasteiger partial charge in [0, 0.05) is 47.2 Å². The number of nitrogens with zero attached hydrogens (tertiary/aromatic N) is 4. The summed E-state index contributed by atoms with van der Waals surface area (Å²) in [4.78, 5) is 21.0. The number of fused-ring (bicyclic) bond motifs is 9. The molecule has 170 valence electrons. The maximum atomic E-state index is 13.4. The number of hydrogen-bond acceptors (Lipinski definition) is 4. The number of rotatable bonds is 4. The monoisotopic (exact) mass is 453 g/mol. The first kappa shape index (κ1) is 18.0. The standard InChI is InChI=1S/C25H24F2N4O2/c1-29(2)12-5-4-7-15-10-11-17-18(13-15)31-19-14-20(23(31)28-17)30(3)24(32)16-8-6-9-21(22(16)19)33-25(26)27/h6,8-11,13,19-20,25H,5,12,14H2,1-3H3/t19-,20-/m1/s1/i3D3. The SMILES string of the molecule is [2H]C([2H])([2H])N1C(=O)c2cccc(OC(F)F)c2[C@H]2C[C@@H]1c1nc3ccc(C#CCCN(C)C)cc3n12. The molecule has 3 aromatic rings. The number of imidazole rings is 1. The largest absolute Gasteiger partial charge is 0.434 e. The van der Waals surface area contributed by atoms with Crippen molar-refractivity contribution in [2.24, 2.45) is 0 Å². The third-order valence-electron chi connectivity index (χ3n) is 6.07. The Kier molecular flexibility index (Phi) is 4.46. The van der Waals surface area contributed by atoms with Crippen LogP contribution in [0.15, 0.2) is 36.4 Å². The van der Waals surface area contributed by atoms with E-state index in [0.29, 0.717) is 23.3 Å². The fourth-order valence-electron chi connectivity index (χ4n) is 4.63. The highest BCUT2D eigenvalue weighted by Crippen LogP contribution is 2.49. The van der Waals surface area contributed by atoms with Crippen LogP contribution < -0.4 is 4.74 Å². The number of hydrogen-bond donors (Lipinski definition) is 0. The zero-order valence-corrected chi connectivity index (χ0v) is 18.2. The molecule has 2 aromatic carbocycles. The fourth-order valence-corrected chi connectivity index (χ4v) is 4.63. The zero-order valence-electron chi connectivity index (χ0n) is 21.2. The molecule has 2 aliphatic rings. The summed E-state index contributed by atoms with van der Waals surface area (Å²) in [5, 5.41) is 0. The lowest BCUT2D eigenvalue weighted by molar-refractivity contribution is -0.0507. The number of carbonyl (C=O) groups is 1. The van der Waals surface area contributed by atoms with Gasteiger partial charge in [0.05, 0.1) is 23.1 Å². The van der Waals surface area contributed by atoms with Crippen molar-refractivity contribution in [3.63, 3.8) is 0 Å². The van der Waals surface area contributed by atoms with Crippen LogP contribution in [0.3, 0.4) is 0 Å². The van der Waals surface area contributed by atoms with Crippen LogP contribution in [0.25, 0.3) is 11.0 Å². The smallest absolute Gasteiger partial charge is 0.387 e. The Morgan fingerprint density at radius 3 is 2.91 bits per heavy atom. The lowest BCUT2D eigenvalue weighted by atomic mass is 9.97. The van der Waals surface area contributed by atoms with E-state index >= 15 is 0 Å². The summed E-state index contributed by atoms with van der Waals surface area (Å²) >= 11 is 0. The summed E-state index contributed by atoms with van der Waals surface area (Å²) in [6.07, 6.45) is 0.870. The molecule has 0 N–H and O–H groups in total. The Labute approximate surface area is 195 Å². The summed E-state index contributed by atoms with van der Waals surface area (Å²) in [6.45, 7) is -5.04. The molecule has 0 saturated carbocycles. The van der Waals surface area contributed by atoms with Gasteiger partial charge in [-0.15, -0.1) is 0 Å². The van der Waals surface area contributed by atoms with Crippen molar-refractivity contribution in [3.8, 4) is 17.6 Å². The molecule has 1 amide bonds. The van der Waals surface area contributed by atoms with Crippen molar-refractivity contribution in [2.45, 2.75) is 31.5 Å². The minimum Gasteiger partial charge on any atom is -0.434 e. The molecule has 0 saturated heterocycles. The molecule has 8 heteroatoms. The highest BCUT2D eigenvalue weighted by Gasteiger charge is 2.44. The molecule has 2 aliphatic heterocycles. The van der Waals surface area contributed by atoms with Gasteiger partial charge in [-0.3, -0.25) is 4.79 Å². The van der Waals surface area contributed by atoms with Gasteiger partial charge in [0.25, 0.3) is 5.91 Å². The van der Waals surface area contributed by atoms with Gasteiger partial charge in [-0.1, -0.05) is 17.9 Å². The van der Waals surface area contributed by atoms with E-state index in [-0.39, 0.29) is 23.3 Å². The van der Waals surface area contributed by atoms with Crippen molar-refractivity contribution < 1.29 is 22.4 Å². The number of ether oxygens (including phenoxy) is 1. The predicted molar refractivity (Wildman–Crippen MR) is 120 cm³/mol. The minimum atomic E-state index is -3.10. The van der Waals surface area contributed by atoms with Crippen LogP contribution in [0.2, 0.25) is 0 Å². The molecular formula is C25H24F2N4O2. The molecule has 0 radical (unpaired) electrons. The van der Waals surface area contributed by atoms with Crippen molar-refractivity contribution in [3.05, 3.63) is 58.9 Å². The van der Waals surface area contributed by atoms with E-state index in [9.17, 15) is 13.6 Å². The molecule has 0 unspecified atom stereocenters. The van der Waals surface area contributed by atoms with Gasteiger partial charge >= 0.3 is 6.61 Å². The lowest BCUT2D eigenvalue weighted by Crippen LogP contribution is -2.30. The lowest BCUT2D eigenvalue weighted by Gasteiger charge is -2.24. The van der Waals surface area contributed by atoms with Crippen LogP contribution in [0.1, 0.15) is 56.3 Å². The molecule has 2 bridgehead atoms. The summed E-state index contributed by atoms with van der Waals surface area (Å²) < 4.78 is 57.4. The van der Waals surface area contributed by atoms with E-state index < -0.39 is 31.6 Å². The quantitative estimate of drug-likeness (QED) is 0.559. The van der Waals surface area contributed by atoms with Gasteiger partial charge in [-0.05, 0) is 44.4 Å². The third-order valence-corrected chi connectivity index (χ3v) is 6.07. The second-order valence-corrected chi connectivity index (χ2v) is 8.44. The van der Waals surface area contributed by atoms with Crippen LogP contribution in [0, 0.1) is 11.8 Å². The first-order valence-electron chi connectivity index (χ1n) is 12.1. The number of benzene rings is 2. The van der Waals surface area contributed by atoms with E-state index in [1.807, 2.05) is 35.7 Å². The summed E-state index contributed by atoms with van der Waals surface area (Å²) in [6, 6.07) is 8.27. The van der Waals surface area contributed by atoms with Gasteiger partial charge in [0.1, 0.15) is 11.6 Å². The number of alkyl halides is 2. The minimum absolute atomic E-state index is 0.0314. The third kappa shape index (κ3) is 3.62. The fraction of sp³-hybridized carbons (Fsp3) is 0.360. The molecule has 0 fully saturated rings. The molecule has 2 atom stereocenters. The van der Waals surface area contributed by atoms with Gasteiger partial charge in [0.15, 0.2) is 0 Å². The summed E-state index contributed by atoms with van der Waals surface area (Å²) in [7, 11) is 3.95. The number of amides is 1. The Morgan fingerprint density at radius 2 is 2.15 bits per heavy atom. The number of aromatic nitrogens is 2. The molecular weight excluding hydrogens is 426 g/mol. The summed E-state index contributed by atoms with van der Waals surface area (Å²) in [5.41, 5.74) is 2.31. The first-order chi connectivity index (χ1) is 17.1. The number of carbonyl (C=O) groups excluding carboxylic acids is 1. The molecule has 1 aromatic heterocycles. The maximum absolute atomic E-state index is 13.4. The van der Waals surface area contributed by atoms with Gasteiger partial charge in [-0.25, -0.2) is 4.98 Å².